The number of rotatable bonds is 4. The monoisotopic (exact) mass is 404 g/mol. The van der Waals surface area contributed by atoms with E-state index in [0.29, 0.717) is 54.7 Å². The number of hydrogen-bond donors (Lipinski definition) is 1. The maximum absolute atomic E-state index is 13.3. The van der Waals surface area contributed by atoms with Crippen LogP contribution >= 0.6 is 0 Å². The van der Waals surface area contributed by atoms with Crippen LogP contribution in [0.2, 0.25) is 0 Å². The average Bonchev–Trinajstić information content (AvgIpc) is 3.18. The maximum atomic E-state index is 13.3. The minimum absolute atomic E-state index is 0.207. The predicted octanol–water partition coefficient (Wildman–Crippen LogP) is 2.77. The highest BCUT2D eigenvalue weighted by Gasteiger charge is 2.21. The molecule has 2 aromatic heterocycles. The van der Waals surface area contributed by atoms with Crippen molar-refractivity contribution in [2.45, 2.75) is 12.6 Å². The number of fused-ring (bicyclic) bond motifs is 4. The summed E-state index contributed by atoms with van der Waals surface area (Å²) >= 11 is 0. The van der Waals surface area contributed by atoms with E-state index in [-0.39, 0.29) is 11.5 Å². The molecular weight excluding hydrogens is 383 g/mol. The second-order valence-electron chi connectivity index (χ2n) is 7.66. The topological polar surface area (TPSA) is 66.7 Å². The van der Waals surface area contributed by atoms with Crippen molar-refractivity contribution in [3.63, 3.8) is 0 Å². The molecule has 0 saturated carbocycles. The zero-order valence-corrected chi connectivity index (χ0v) is 16.3. The number of carbonyl (C=O) groups is 1. The van der Waals surface area contributed by atoms with E-state index in [1.165, 1.54) is 4.40 Å². The second kappa shape index (κ2) is 7.50. The fraction of sp³-hybridized carbons (Fsp3) is 0.261. The number of nitrogens with one attached hydrogen (secondary N) is 1. The lowest BCUT2D eigenvalue weighted by Crippen LogP contribution is -2.34. The van der Waals surface area contributed by atoms with Crippen molar-refractivity contribution in [1.82, 2.24) is 19.6 Å². The number of alkyl halides is 1. The Morgan fingerprint density at radius 1 is 1.13 bits per heavy atom. The molecule has 1 saturated heterocycles. The molecule has 30 heavy (non-hydrogen) atoms. The molecule has 7 heteroatoms. The van der Waals surface area contributed by atoms with Crippen LogP contribution in [0.5, 0.6) is 0 Å². The maximum Gasteiger partial charge on any atom is 0.265 e. The van der Waals surface area contributed by atoms with Crippen LogP contribution in [0.1, 0.15) is 16.8 Å². The zero-order chi connectivity index (χ0) is 20.7. The highest BCUT2D eigenvalue weighted by Crippen LogP contribution is 2.23. The molecule has 1 aliphatic heterocycles. The van der Waals surface area contributed by atoms with Gasteiger partial charge >= 0.3 is 0 Å². The van der Waals surface area contributed by atoms with Gasteiger partial charge in [-0.1, -0.05) is 30.3 Å². The minimum atomic E-state index is -0.780. The summed E-state index contributed by atoms with van der Waals surface area (Å²) in [5.74, 6) is -0.296. The number of likely N-dealkylation sites (tertiary alicyclic amines) is 1. The van der Waals surface area contributed by atoms with Gasteiger partial charge in [-0.25, -0.2) is 9.37 Å². The minimum Gasteiger partial charge on any atom is -0.351 e. The summed E-state index contributed by atoms with van der Waals surface area (Å²) in [4.78, 5) is 32.6. The quantitative estimate of drug-likeness (QED) is 0.420. The summed E-state index contributed by atoms with van der Waals surface area (Å²) in [5, 5.41) is 5.25. The molecule has 0 bridgehead atoms. The van der Waals surface area contributed by atoms with Crippen LogP contribution in [-0.4, -0.2) is 52.5 Å². The Morgan fingerprint density at radius 3 is 2.83 bits per heavy atom. The normalized spacial score (nSPS) is 17.2. The molecule has 1 fully saturated rings. The third-order valence-corrected chi connectivity index (χ3v) is 5.71. The first-order chi connectivity index (χ1) is 14.6. The average molecular weight is 404 g/mol. The Hall–Kier alpha value is -3.32. The first-order valence-corrected chi connectivity index (χ1v) is 10.1. The summed E-state index contributed by atoms with van der Waals surface area (Å²) in [6, 6.07) is 14.8. The molecule has 0 aliphatic carbocycles. The Balaban J connectivity index is 1.53. The van der Waals surface area contributed by atoms with Crippen molar-refractivity contribution < 1.29 is 9.18 Å². The molecule has 1 aliphatic rings. The van der Waals surface area contributed by atoms with E-state index in [1.54, 1.807) is 24.4 Å². The van der Waals surface area contributed by atoms with E-state index < -0.39 is 6.17 Å². The largest absolute Gasteiger partial charge is 0.351 e. The van der Waals surface area contributed by atoms with Gasteiger partial charge in [0, 0.05) is 37.8 Å². The van der Waals surface area contributed by atoms with Gasteiger partial charge in [0.2, 0.25) is 0 Å². The van der Waals surface area contributed by atoms with E-state index in [4.69, 9.17) is 4.98 Å². The van der Waals surface area contributed by atoms with Crippen molar-refractivity contribution in [2.75, 3.05) is 26.2 Å². The van der Waals surface area contributed by atoms with E-state index in [0.717, 1.165) is 10.8 Å². The summed E-state index contributed by atoms with van der Waals surface area (Å²) in [6.45, 7) is 2.13. The van der Waals surface area contributed by atoms with Gasteiger partial charge in [0.05, 0.1) is 16.5 Å². The van der Waals surface area contributed by atoms with Crippen LogP contribution in [0.3, 0.4) is 0 Å². The third kappa shape index (κ3) is 3.21. The Kier molecular flexibility index (Phi) is 4.67. The summed E-state index contributed by atoms with van der Waals surface area (Å²) in [6.07, 6.45) is 1.39. The van der Waals surface area contributed by atoms with Gasteiger partial charge in [-0.2, -0.15) is 0 Å². The Labute approximate surface area is 171 Å². The lowest BCUT2D eigenvalue weighted by atomic mass is 10.1. The molecule has 1 atom stereocenters. The lowest BCUT2D eigenvalue weighted by molar-refractivity contribution is 0.0950. The molecule has 5 rings (SSSR count). The number of pyridine rings is 1. The molecule has 0 radical (unpaired) electrons. The standard InChI is InChI=1S/C23H21FN4O2/c24-16-9-12-27(14-16)13-10-25-22(29)19-6-3-11-28-21(19)26-20-17-5-2-1-4-15(17)7-8-18(20)23(28)30/h1-8,11,16H,9-10,12-14H2,(H,25,29)/t16-/m1/s1. The van der Waals surface area contributed by atoms with Crippen molar-refractivity contribution in [1.29, 1.82) is 0 Å². The number of amides is 1. The second-order valence-corrected chi connectivity index (χ2v) is 7.66. The van der Waals surface area contributed by atoms with Crippen LogP contribution in [0.25, 0.3) is 27.3 Å². The van der Waals surface area contributed by atoms with E-state index in [1.807, 2.05) is 35.2 Å². The Morgan fingerprint density at radius 2 is 2.00 bits per heavy atom. The molecule has 2 aromatic carbocycles. The number of aromatic nitrogens is 2. The van der Waals surface area contributed by atoms with E-state index >= 15 is 0 Å². The van der Waals surface area contributed by atoms with Crippen molar-refractivity contribution >= 4 is 33.2 Å². The Bertz CT molecular complexity index is 1330. The van der Waals surface area contributed by atoms with Crippen LogP contribution in [-0.2, 0) is 0 Å². The lowest BCUT2D eigenvalue weighted by Gasteiger charge is -2.15. The molecule has 1 N–H and O–H groups in total. The molecule has 0 spiro atoms. The first-order valence-electron chi connectivity index (χ1n) is 10.1. The SMILES string of the molecule is O=C(NCCN1CC[C@@H](F)C1)c1cccn2c(=O)c3ccc4ccccc4c3nc12. The predicted molar refractivity (Wildman–Crippen MR) is 115 cm³/mol. The number of benzene rings is 2. The smallest absolute Gasteiger partial charge is 0.265 e. The molecule has 1 amide bonds. The van der Waals surface area contributed by atoms with Crippen LogP contribution < -0.4 is 10.9 Å². The summed E-state index contributed by atoms with van der Waals surface area (Å²) in [7, 11) is 0. The van der Waals surface area contributed by atoms with Crippen molar-refractivity contribution in [3.05, 3.63) is 70.6 Å². The third-order valence-electron chi connectivity index (χ3n) is 5.71. The number of halogens is 1. The molecule has 0 unspecified atom stereocenters. The van der Waals surface area contributed by atoms with Crippen LogP contribution in [0.4, 0.5) is 4.39 Å². The van der Waals surface area contributed by atoms with E-state index in [2.05, 4.69) is 5.32 Å². The van der Waals surface area contributed by atoms with Gasteiger partial charge < -0.3 is 5.32 Å². The zero-order valence-electron chi connectivity index (χ0n) is 16.3. The van der Waals surface area contributed by atoms with Crippen LogP contribution in [0.15, 0.2) is 59.5 Å². The number of carbonyl (C=O) groups excluding carboxylic acids is 1. The summed E-state index contributed by atoms with van der Waals surface area (Å²) < 4.78 is 14.7. The summed E-state index contributed by atoms with van der Waals surface area (Å²) in [5.41, 5.74) is 1.05. The first kappa shape index (κ1) is 18.7. The number of nitrogens with zero attached hydrogens (tertiary/aromatic N) is 3. The highest BCUT2D eigenvalue weighted by atomic mass is 19.1. The fourth-order valence-electron chi connectivity index (χ4n) is 4.15. The van der Waals surface area contributed by atoms with Gasteiger partial charge in [-0.15, -0.1) is 0 Å². The van der Waals surface area contributed by atoms with E-state index in [9.17, 15) is 14.0 Å². The molecule has 3 heterocycles. The van der Waals surface area contributed by atoms with Gasteiger partial charge in [0.25, 0.3) is 11.5 Å². The molecule has 4 aromatic rings. The van der Waals surface area contributed by atoms with Crippen molar-refractivity contribution in [2.24, 2.45) is 0 Å². The number of hydrogen-bond acceptors (Lipinski definition) is 4. The molecule has 6 nitrogen and oxygen atoms in total. The van der Waals surface area contributed by atoms with Gasteiger partial charge in [-0.05, 0) is 30.0 Å². The van der Waals surface area contributed by atoms with Gasteiger partial charge in [0.15, 0.2) is 5.65 Å². The molecule has 152 valence electrons. The molecular formula is C23H21FN4O2. The van der Waals surface area contributed by atoms with Gasteiger partial charge in [0.1, 0.15) is 6.17 Å². The van der Waals surface area contributed by atoms with Gasteiger partial charge in [-0.3, -0.25) is 18.9 Å². The fourth-order valence-corrected chi connectivity index (χ4v) is 4.15. The van der Waals surface area contributed by atoms with Crippen molar-refractivity contribution in [3.8, 4) is 0 Å². The van der Waals surface area contributed by atoms with Crippen LogP contribution in [0, 0.1) is 0 Å². The highest BCUT2D eigenvalue weighted by molar-refractivity contribution is 6.07.